The molecular weight excluding hydrogens is 206 g/mol. The third kappa shape index (κ3) is 3.02. The Kier molecular flexibility index (Phi) is 3.25. The average molecular weight is 225 g/mol. The summed E-state index contributed by atoms with van der Waals surface area (Å²) in [5.74, 6) is 1.77. The second-order valence-corrected chi connectivity index (χ2v) is 5.10. The molecule has 1 saturated heterocycles. The number of aromatic nitrogens is 2. The summed E-state index contributed by atoms with van der Waals surface area (Å²) in [6.07, 6.45) is 2.57. The fourth-order valence-electron chi connectivity index (χ4n) is 1.70. The van der Waals surface area contributed by atoms with Crippen molar-refractivity contribution in [3.05, 3.63) is 11.7 Å². The van der Waals surface area contributed by atoms with Crippen molar-refractivity contribution in [3.63, 3.8) is 0 Å². The van der Waals surface area contributed by atoms with Crippen LogP contribution >= 0.6 is 0 Å². The lowest BCUT2D eigenvalue weighted by molar-refractivity contribution is 0.192. The first-order chi connectivity index (χ1) is 7.54. The van der Waals surface area contributed by atoms with Crippen LogP contribution in [-0.2, 0) is 11.2 Å². The summed E-state index contributed by atoms with van der Waals surface area (Å²) in [5.41, 5.74) is 5.71. The number of hydrogen-bond acceptors (Lipinski definition) is 5. The molecule has 1 aliphatic rings. The Bertz CT molecular complexity index is 337. The first kappa shape index (κ1) is 11.5. The molecule has 5 heteroatoms. The number of rotatable bonds is 4. The third-order valence-corrected chi connectivity index (χ3v) is 2.76. The van der Waals surface area contributed by atoms with Crippen LogP contribution in [0.3, 0.4) is 0 Å². The largest absolute Gasteiger partial charge is 0.381 e. The van der Waals surface area contributed by atoms with Crippen LogP contribution in [0, 0.1) is 0 Å². The molecule has 2 heterocycles. The smallest absolute Gasteiger partial charge is 0.226 e. The summed E-state index contributed by atoms with van der Waals surface area (Å²) in [5, 5.41) is 3.99. The quantitative estimate of drug-likeness (QED) is 0.834. The highest BCUT2D eigenvalue weighted by atomic mass is 16.5. The van der Waals surface area contributed by atoms with Crippen molar-refractivity contribution in [1.29, 1.82) is 0 Å². The molecule has 0 spiro atoms. The Labute approximate surface area is 95.3 Å². The predicted molar refractivity (Wildman–Crippen MR) is 59.1 cm³/mol. The molecule has 0 amide bonds. The molecule has 1 atom stereocenters. The first-order valence-electron chi connectivity index (χ1n) is 5.74. The molecule has 0 bridgehead atoms. The highest BCUT2D eigenvalue weighted by Gasteiger charge is 2.23. The molecule has 0 aliphatic carbocycles. The minimum Gasteiger partial charge on any atom is -0.381 e. The van der Waals surface area contributed by atoms with E-state index < -0.39 is 0 Å². The van der Waals surface area contributed by atoms with Crippen molar-refractivity contribution in [2.45, 2.75) is 44.6 Å². The second kappa shape index (κ2) is 4.51. The van der Waals surface area contributed by atoms with E-state index in [1.165, 1.54) is 0 Å². The topological polar surface area (TPSA) is 74.2 Å². The van der Waals surface area contributed by atoms with Gasteiger partial charge in [0.1, 0.15) is 0 Å². The van der Waals surface area contributed by atoms with Gasteiger partial charge in [0.15, 0.2) is 5.82 Å². The standard InChI is InChI=1S/C11H19N3O2/c1-11(2,12)5-3-9-13-10(14-16-9)8-4-6-15-7-8/h8H,3-7,12H2,1-2H3. The highest BCUT2D eigenvalue weighted by Crippen LogP contribution is 2.22. The van der Waals surface area contributed by atoms with Crippen molar-refractivity contribution < 1.29 is 9.26 Å². The normalized spacial score (nSPS) is 21.6. The van der Waals surface area contributed by atoms with Gasteiger partial charge in [0.2, 0.25) is 5.89 Å². The number of nitrogens with zero attached hydrogens (tertiary/aromatic N) is 2. The number of nitrogens with two attached hydrogens (primary N) is 1. The minimum atomic E-state index is -0.189. The summed E-state index contributed by atoms with van der Waals surface area (Å²) >= 11 is 0. The van der Waals surface area contributed by atoms with Crippen LogP contribution in [-0.4, -0.2) is 28.9 Å². The van der Waals surface area contributed by atoms with E-state index in [9.17, 15) is 0 Å². The van der Waals surface area contributed by atoms with Gasteiger partial charge in [0.25, 0.3) is 0 Å². The van der Waals surface area contributed by atoms with Gasteiger partial charge < -0.3 is 15.0 Å². The Morgan fingerprint density at radius 2 is 2.31 bits per heavy atom. The van der Waals surface area contributed by atoms with Crippen LogP contribution < -0.4 is 5.73 Å². The predicted octanol–water partition coefficient (Wildman–Crippen LogP) is 1.24. The van der Waals surface area contributed by atoms with E-state index in [4.69, 9.17) is 15.0 Å². The van der Waals surface area contributed by atoms with E-state index >= 15 is 0 Å². The first-order valence-corrected chi connectivity index (χ1v) is 5.74. The van der Waals surface area contributed by atoms with Gasteiger partial charge >= 0.3 is 0 Å². The molecule has 1 unspecified atom stereocenters. The third-order valence-electron chi connectivity index (χ3n) is 2.76. The molecule has 2 N–H and O–H groups in total. The van der Waals surface area contributed by atoms with Crippen molar-refractivity contribution >= 4 is 0 Å². The van der Waals surface area contributed by atoms with Gasteiger partial charge in [-0.15, -0.1) is 0 Å². The zero-order valence-electron chi connectivity index (χ0n) is 9.90. The lowest BCUT2D eigenvalue weighted by Gasteiger charge is -2.16. The molecule has 1 aromatic heterocycles. The summed E-state index contributed by atoms with van der Waals surface area (Å²) in [7, 11) is 0. The Hall–Kier alpha value is -0.940. The van der Waals surface area contributed by atoms with E-state index in [-0.39, 0.29) is 5.54 Å². The SMILES string of the molecule is CC(C)(N)CCc1nc(C2CCOC2)no1. The van der Waals surface area contributed by atoms with E-state index in [2.05, 4.69) is 10.1 Å². The molecule has 1 fully saturated rings. The summed E-state index contributed by atoms with van der Waals surface area (Å²) < 4.78 is 10.5. The van der Waals surface area contributed by atoms with Crippen LogP contribution in [0.1, 0.15) is 44.3 Å². The lowest BCUT2D eigenvalue weighted by atomic mass is 10.0. The summed E-state index contributed by atoms with van der Waals surface area (Å²) in [6, 6.07) is 0. The molecule has 0 saturated carbocycles. The van der Waals surface area contributed by atoms with Crippen molar-refractivity contribution in [1.82, 2.24) is 10.1 Å². The van der Waals surface area contributed by atoms with Crippen molar-refractivity contribution in [3.8, 4) is 0 Å². The van der Waals surface area contributed by atoms with Crippen LogP contribution in [0.25, 0.3) is 0 Å². The fourth-order valence-corrected chi connectivity index (χ4v) is 1.70. The van der Waals surface area contributed by atoms with Gasteiger partial charge in [-0.05, 0) is 26.7 Å². The minimum absolute atomic E-state index is 0.189. The maximum Gasteiger partial charge on any atom is 0.226 e. The van der Waals surface area contributed by atoms with E-state index in [0.29, 0.717) is 18.4 Å². The lowest BCUT2D eigenvalue weighted by Crippen LogP contribution is -2.32. The molecule has 16 heavy (non-hydrogen) atoms. The van der Waals surface area contributed by atoms with Crippen LogP contribution in [0.5, 0.6) is 0 Å². The summed E-state index contributed by atoms with van der Waals surface area (Å²) in [4.78, 5) is 4.38. The summed E-state index contributed by atoms with van der Waals surface area (Å²) in [6.45, 7) is 5.50. The Morgan fingerprint density at radius 3 is 2.94 bits per heavy atom. The molecule has 0 radical (unpaired) electrons. The zero-order chi connectivity index (χ0) is 11.6. The fraction of sp³-hybridized carbons (Fsp3) is 0.818. The average Bonchev–Trinajstić information content (AvgIpc) is 2.84. The number of hydrogen-bond donors (Lipinski definition) is 1. The molecule has 0 aromatic carbocycles. The molecule has 2 rings (SSSR count). The number of aryl methyl sites for hydroxylation is 1. The number of ether oxygens (including phenoxy) is 1. The van der Waals surface area contributed by atoms with Crippen molar-refractivity contribution in [2.75, 3.05) is 13.2 Å². The maximum absolute atomic E-state index is 5.90. The van der Waals surface area contributed by atoms with Gasteiger partial charge in [0.05, 0.1) is 6.61 Å². The van der Waals surface area contributed by atoms with Gasteiger partial charge in [-0.25, -0.2) is 0 Å². The molecule has 1 aromatic rings. The maximum atomic E-state index is 5.90. The van der Waals surface area contributed by atoms with Crippen molar-refractivity contribution in [2.24, 2.45) is 5.73 Å². The molecule has 5 nitrogen and oxygen atoms in total. The molecular formula is C11H19N3O2. The van der Waals surface area contributed by atoms with Gasteiger partial charge in [0, 0.05) is 24.5 Å². The monoisotopic (exact) mass is 225 g/mol. The molecule has 1 aliphatic heterocycles. The van der Waals surface area contributed by atoms with Gasteiger partial charge in [-0.1, -0.05) is 5.16 Å². The molecule has 90 valence electrons. The van der Waals surface area contributed by atoms with E-state index in [1.54, 1.807) is 0 Å². The zero-order valence-corrected chi connectivity index (χ0v) is 9.90. The second-order valence-electron chi connectivity index (χ2n) is 5.10. The van der Waals surface area contributed by atoms with E-state index in [0.717, 1.165) is 31.7 Å². The van der Waals surface area contributed by atoms with Gasteiger partial charge in [-0.2, -0.15) is 4.98 Å². The highest BCUT2D eigenvalue weighted by molar-refractivity contribution is 4.98. The van der Waals surface area contributed by atoms with Crippen LogP contribution in [0.4, 0.5) is 0 Å². The van der Waals surface area contributed by atoms with Crippen LogP contribution in [0.2, 0.25) is 0 Å². The Balaban J connectivity index is 1.91. The van der Waals surface area contributed by atoms with Gasteiger partial charge in [-0.3, -0.25) is 0 Å². The Morgan fingerprint density at radius 1 is 1.50 bits per heavy atom. The van der Waals surface area contributed by atoms with E-state index in [1.807, 2.05) is 13.8 Å². The van der Waals surface area contributed by atoms with Crippen LogP contribution in [0.15, 0.2) is 4.52 Å².